The molecule has 1 atom stereocenters. The smallest absolute Gasteiger partial charge is 0.180 e. The Morgan fingerprint density at radius 2 is 2.60 bits per heavy atom. The van der Waals surface area contributed by atoms with Crippen LogP contribution in [0.2, 0.25) is 0 Å². The van der Waals surface area contributed by atoms with Gasteiger partial charge in [0, 0.05) is 6.42 Å². The molecule has 1 heterocycles. The third kappa shape index (κ3) is 2.19. The van der Waals surface area contributed by atoms with E-state index in [-0.39, 0.29) is 6.10 Å². The van der Waals surface area contributed by atoms with Crippen molar-refractivity contribution in [3.63, 3.8) is 0 Å². The average Bonchev–Trinajstić information content (AvgIpc) is 2.34. The Morgan fingerprint density at radius 3 is 3.10 bits per heavy atom. The van der Waals surface area contributed by atoms with E-state index in [2.05, 4.69) is 4.98 Å². The fourth-order valence-corrected chi connectivity index (χ4v) is 0.717. The van der Waals surface area contributed by atoms with Gasteiger partial charge in [0.2, 0.25) is 0 Å². The van der Waals surface area contributed by atoms with E-state index in [1.54, 1.807) is 13.1 Å². The number of aryl methyl sites for hydroxylation is 1. The molecule has 0 aromatic carbocycles. The van der Waals surface area contributed by atoms with Crippen LogP contribution in [-0.2, 0) is 6.42 Å². The molecule has 1 unspecified atom stereocenters. The molecule has 0 aliphatic rings. The molecular formula is C7H11NO2. The Hall–Kier alpha value is -0.830. The van der Waals surface area contributed by atoms with E-state index >= 15 is 0 Å². The molecule has 3 heteroatoms. The zero-order chi connectivity index (χ0) is 7.40. The first-order valence-electron chi connectivity index (χ1n) is 3.34. The Morgan fingerprint density at radius 1 is 1.80 bits per heavy atom. The molecule has 56 valence electrons. The number of oxazole rings is 1. The molecule has 0 aliphatic heterocycles. The highest BCUT2D eigenvalue weighted by Gasteiger charge is 1.99. The van der Waals surface area contributed by atoms with Crippen LogP contribution in [0.15, 0.2) is 17.0 Å². The van der Waals surface area contributed by atoms with Gasteiger partial charge >= 0.3 is 0 Å². The molecule has 0 bridgehead atoms. The molecule has 1 N–H and O–H groups in total. The van der Waals surface area contributed by atoms with Crippen LogP contribution < -0.4 is 0 Å². The summed E-state index contributed by atoms with van der Waals surface area (Å²) >= 11 is 0. The number of aromatic nitrogens is 1. The van der Waals surface area contributed by atoms with Gasteiger partial charge in [-0.1, -0.05) is 0 Å². The molecular weight excluding hydrogens is 130 g/mol. The van der Waals surface area contributed by atoms with E-state index < -0.39 is 0 Å². The van der Waals surface area contributed by atoms with Gasteiger partial charge in [-0.25, -0.2) is 4.98 Å². The molecule has 3 nitrogen and oxygen atoms in total. The summed E-state index contributed by atoms with van der Waals surface area (Å²) in [6, 6.07) is 0. The molecule has 1 aromatic heterocycles. The average molecular weight is 141 g/mol. The standard InChI is InChI=1S/C7H11NO2/c1-6(9)2-3-7-4-8-5-10-7/h4-6,9H,2-3H2,1H3. The summed E-state index contributed by atoms with van der Waals surface area (Å²) in [7, 11) is 0. The minimum absolute atomic E-state index is 0.259. The molecule has 0 saturated carbocycles. The van der Waals surface area contributed by atoms with Gasteiger partial charge in [-0.05, 0) is 13.3 Å². The predicted molar refractivity (Wildman–Crippen MR) is 36.5 cm³/mol. The lowest BCUT2D eigenvalue weighted by molar-refractivity contribution is 0.182. The molecule has 10 heavy (non-hydrogen) atoms. The zero-order valence-corrected chi connectivity index (χ0v) is 5.95. The molecule has 0 spiro atoms. The highest BCUT2D eigenvalue weighted by Crippen LogP contribution is 2.02. The van der Waals surface area contributed by atoms with Gasteiger partial charge in [0.25, 0.3) is 0 Å². The van der Waals surface area contributed by atoms with E-state index in [1.807, 2.05) is 0 Å². The normalized spacial score (nSPS) is 13.4. The number of rotatable bonds is 3. The summed E-state index contributed by atoms with van der Waals surface area (Å²) in [5, 5.41) is 8.89. The molecule has 0 aliphatic carbocycles. The van der Waals surface area contributed by atoms with Crippen molar-refractivity contribution >= 4 is 0 Å². The summed E-state index contributed by atoms with van der Waals surface area (Å²) in [5.41, 5.74) is 0. The third-order valence-corrected chi connectivity index (χ3v) is 1.29. The maximum atomic E-state index is 8.89. The maximum Gasteiger partial charge on any atom is 0.180 e. The van der Waals surface area contributed by atoms with Crippen LogP contribution in [0.4, 0.5) is 0 Å². The highest BCUT2D eigenvalue weighted by molar-refractivity contribution is 4.88. The Balaban J connectivity index is 2.28. The van der Waals surface area contributed by atoms with Crippen molar-refractivity contribution in [1.29, 1.82) is 0 Å². The summed E-state index contributed by atoms with van der Waals surface area (Å²) in [4.78, 5) is 3.75. The van der Waals surface area contributed by atoms with Crippen molar-refractivity contribution in [1.82, 2.24) is 4.98 Å². The topological polar surface area (TPSA) is 46.3 Å². The van der Waals surface area contributed by atoms with Crippen LogP contribution in [-0.4, -0.2) is 16.2 Å². The number of nitrogens with zero attached hydrogens (tertiary/aromatic N) is 1. The van der Waals surface area contributed by atoms with Crippen LogP contribution in [0.3, 0.4) is 0 Å². The summed E-state index contributed by atoms with van der Waals surface area (Å²) in [6.45, 7) is 1.76. The van der Waals surface area contributed by atoms with Crippen molar-refractivity contribution in [2.75, 3.05) is 0 Å². The fraction of sp³-hybridized carbons (Fsp3) is 0.571. The van der Waals surface area contributed by atoms with Crippen LogP contribution in [0.1, 0.15) is 19.1 Å². The molecule has 0 radical (unpaired) electrons. The fourth-order valence-electron chi connectivity index (χ4n) is 0.717. The Bertz CT molecular complexity index is 170. The first-order chi connectivity index (χ1) is 4.79. The second kappa shape index (κ2) is 3.37. The maximum absolute atomic E-state index is 8.89. The van der Waals surface area contributed by atoms with Crippen molar-refractivity contribution in [2.45, 2.75) is 25.9 Å². The second-order valence-electron chi connectivity index (χ2n) is 2.36. The lowest BCUT2D eigenvalue weighted by Gasteiger charge is -1.98. The van der Waals surface area contributed by atoms with Crippen molar-refractivity contribution in [3.05, 3.63) is 18.4 Å². The molecule has 1 rings (SSSR count). The van der Waals surface area contributed by atoms with Gasteiger partial charge in [0.15, 0.2) is 6.39 Å². The Kier molecular flexibility index (Phi) is 2.45. The lowest BCUT2D eigenvalue weighted by atomic mass is 10.2. The van der Waals surface area contributed by atoms with Gasteiger partial charge in [-0.3, -0.25) is 0 Å². The zero-order valence-electron chi connectivity index (χ0n) is 5.95. The van der Waals surface area contributed by atoms with Crippen LogP contribution in [0.5, 0.6) is 0 Å². The van der Waals surface area contributed by atoms with Crippen LogP contribution >= 0.6 is 0 Å². The van der Waals surface area contributed by atoms with Crippen molar-refractivity contribution in [2.24, 2.45) is 0 Å². The number of hydrogen-bond donors (Lipinski definition) is 1. The minimum Gasteiger partial charge on any atom is -0.449 e. The van der Waals surface area contributed by atoms with Gasteiger partial charge < -0.3 is 9.52 Å². The first kappa shape index (κ1) is 7.28. The van der Waals surface area contributed by atoms with E-state index in [4.69, 9.17) is 9.52 Å². The highest BCUT2D eigenvalue weighted by atomic mass is 16.3. The Labute approximate surface area is 59.7 Å². The largest absolute Gasteiger partial charge is 0.449 e. The first-order valence-corrected chi connectivity index (χ1v) is 3.34. The molecule has 1 aromatic rings. The number of aliphatic hydroxyl groups is 1. The van der Waals surface area contributed by atoms with Crippen molar-refractivity contribution < 1.29 is 9.52 Å². The SMILES string of the molecule is CC(O)CCc1cnco1. The van der Waals surface area contributed by atoms with Gasteiger partial charge in [0.1, 0.15) is 5.76 Å². The summed E-state index contributed by atoms with van der Waals surface area (Å²) < 4.78 is 4.96. The number of hydrogen-bond acceptors (Lipinski definition) is 3. The lowest BCUT2D eigenvalue weighted by Crippen LogP contribution is -2.00. The van der Waals surface area contributed by atoms with E-state index in [0.717, 1.165) is 18.6 Å². The summed E-state index contributed by atoms with van der Waals surface area (Å²) in [5.74, 6) is 0.834. The molecule has 0 saturated heterocycles. The van der Waals surface area contributed by atoms with Crippen LogP contribution in [0, 0.1) is 0 Å². The van der Waals surface area contributed by atoms with E-state index in [9.17, 15) is 0 Å². The predicted octanol–water partition coefficient (Wildman–Crippen LogP) is 0.988. The molecule has 0 amide bonds. The van der Waals surface area contributed by atoms with E-state index in [0.29, 0.717) is 0 Å². The third-order valence-electron chi connectivity index (χ3n) is 1.29. The van der Waals surface area contributed by atoms with Gasteiger partial charge in [-0.2, -0.15) is 0 Å². The summed E-state index contributed by atoms with van der Waals surface area (Å²) in [6.07, 6.45) is 4.30. The monoisotopic (exact) mass is 141 g/mol. The number of aliphatic hydroxyl groups excluding tert-OH is 1. The van der Waals surface area contributed by atoms with Gasteiger partial charge in [-0.15, -0.1) is 0 Å². The molecule has 0 fully saturated rings. The van der Waals surface area contributed by atoms with Gasteiger partial charge in [0.05, 0.1) is 12.3 Å². The minimum atomic E-state index is -0.259. The second-order valence-corrected chi connectivity index (χ2v) is 2.36. The van der Waals surface area contributed by atoms with Crippen LogP contribution in [0.25, 0.3) is 0 Å². The quantitative estimate of drug-likeness (QED) is 0.682. The van der Waals surface area contributed by atoms with Crippen molar-refractivity contribution in [3.8, 4) is 0 Å². The van der Waals surface area contributed by atoms with E-state index in [1.165, 1.54) is 6.39 Å².